The molecule has 0 radical (unpaired) electrons. The lowest BCUT2D eigenvalue weighted by molar-refractivity contribution is -0.0924. The monoisotopic (exact) mass is 164 g/mol. The zero-order valence-corrected chi connectivity index (χ0v) is 6.08. The van der Waals surface area contributed by atoms with Gasteiger partial charge in [0.05, 0.1) is 11.9 Å². The van der Waals surface area contributed by atoms with Crippen molar-refractivity contribution in [3.8, 4) is 0 Å². The van der Waals surface area contributed by atoms with Crippen LogP contribution in [0, 0.1) is 5.21 Å². The molecule has 0 aromatic heterocycles. The summed E-state index contributed by atoms with van der Waals surface area (Å²) in [7, 11) is 0. The van der Waals surface area contributed by atoms with E-state index in [9.17, 15) is 5.21 Å². The van der Waals surface area contributed by atoms with Crippen LogP contribution in [-0.4, -0.2) is 16.7 Å². The van der Waals surface area contributed by atoms with Gasteiger partial charge in [-0.15, -0.1) is 5.10 Å². The largest absolute Gasteiger partial charge is 0.735 e. The number of hydrogen-bond donors (Lipinski definition) is 1. The van der Waals surface area contributed by atoms with Crippen LogP contribution in [0.5, 0.6) is 0 Å². The summed E-state index contributed by atoms with van der Waals surface area (Å²) in [5.74, 6) is 0. The third-order valence-corrected chi connectivity index (χ3v) is 1.61. The predicted molar refractivity (Wildman–Crippen MR) is 43.5 cm³/mol. The molecule has 12 heavy (non-hydrogen) atoms. The molecule has 5 heteroatoms. The van der Waals surface area contributed by atoms with Crippen LogP contribution in [0.15, 0.2) is 29.4 Å². The van der Waals surface area contributed by atoms with E-state index in [1.54, 1.807) is 24.3 Å². The van der Waals surface area contributed by atoms with Gasteiger partial charge in [-0.25, -0.2) is 0 Å². The van der Waals surface area contributed by atoms with E-state index in [4.69, 9.17) is 5.21 Å². The lowest BCUT2D eigenvalue weighted by Crippen LogP contribution is -2.34. The number of benzene rings is 1. The lowest BCUT2D eigenvalue weighted by atomic mass is 10.2. The fourth-order valence-electron chi connectivity index (χ4n) is 1.03. The summed E-state index contributed by atoms with van der Waals surface area (Å²) in [4.78, 5) is 0. The molecular weight excluding hydrogens is 158 g/mol. The van der Waals surface area contributed by atoms with Gasteiger partial charge in [0.25, 0.3) is 0 Å². The molecule has 62 valence electrons. The van der Waals surface area contributed by atoms with E-state index in [-0.39, 0.29) is 5.28 Å². The first-order valence-electron chi connectivity index (χ1n) is 3.38. The molecule has 0 atom stereocenters. The molecule has 1 aromatic rings. The van der Waals surface area contributed by atoms with E-state index in [0.717, 1.165) is 0 Å². The van der Waals surface area contributed by atoms with E-state index in [2.05, 4.69) is 5.10 Å². The molecule has 1 aliphatic heterocycles. The minimum Gasteiger partial charge on any atom is -0.735 e. The normalized spacial score (nSPS) is 14.8. The third-order valence-electron chi connectivity index (χ3n) is 1.61. The average molecular weight is 164 g/mol. The van der Waals surface area contributed by atoms with Gasteiger partial charge < -0.3 is 10.4 Å². The van der Waals surface area contributed by atoms with Crippen molar-refractivity contribution in [2.45, 2.75) is 0 Å². The second-order valence-electron chi connectivity index (χ2n) is 2.34. The number of anilines is 1. The van der Waals surface area contributed by atoms with Crippen molar-refractivity contribution in [2.24, 2.45) is 5.10 Å². The summed E-state index contributed by atoms with van der Waals surface area (Å²) in [6.07, 6.45) is 1.42. The standard InChI is InChI=1S/C7H6N3O2/c11-9-7-4-2-1-3-6(7)5-8-10(9)12/h1-5,12H/q-1. The Morgan fingerprint density at radius 2 is 2.08 bits per heavy atom. The first-order valence-corrected chi connectivity index (χ1v) is 3.38. The molecule has 0 spiro atoms. The number of hydrazine groups is 1. The molecule has 1 heterocycles. The highest BCUT2D eigenvalue weighted by molar-refractivity contribution is 5.89. The molecule has 1 aliphatic rings. The van der Waals surface area contributed by atoms with Crippen LogP contribution in [-0.2, 0) is 0 Å². The Labute approximate surface area is 68.6 Å². The van der Waals surface area contributed by atoms with Crippen LogP contribution in [0.3, 0.4) is 0 Å². The Kier molecular flexibility index (Phi) is 1.46. The second-order valence-corrected chi connectivity index (χ2v) is 2.34. The summed E-state index contributed by atoms with van der Waals surface area (Å²) in [5, 5.41) is 24.0. The minimum atomic E-state index is 0.252. The van der Waals surface area contributed by atoms with Gasteiger partial charge in [0.1, 0.15) is 0 Å². The van der Waals surface area contributed by atoms with E-state index in [0.29, 0.717) is 16.4 Å². The molecule has 1 aromatic carbocycles. The highest BCUT2D eigenvalue weighted by atomic mass is 16.7. The third kappa shape index (κ3) is 0.919. The van der Waals surface area contributed by atoms with Crippen molar-refractivity contribution >= 4 is 11.9 Å². The van der Waals surface area contributed by atoms with Crippen molar-refractivity contribution in [1.29, 1.82) is 0 Å². The predicted octanol–water partition coefficient (Wildman–Crippen LogP) is 0.944. The first-order chi connectivity index (χ1) is 5.79. The Morgan fingerprint density at radius 3 is 2.92 bits per heavy atom. The number of rotatable bonds is 0. The molecular formula is C7H6N3O2-. The van der Waals surface area contributed by atoms with Crippen LogP contribution in [0.25, 0.3) is 0 Å². The molecule has 5 nitrogen and oxygen atoms in total. The lowest BCUT2D eigenvalue weighted by Gasteiger charge is -2.37. The number of nitrogens with zero attached hydrogens (tertiary/aromatic N) is 3. The van der Waals surface area contributed by atoms with E-state index >= 15 is 0 Å². The van der Waals surface area contributed by atoms with Crippen LogP contribution in [0.2, 0.25) is 0 Å². The SMILES string of the molecule is [O-]N1c2ccccc2C=NN1O. The van der Waals surface area contributed by atoms with Gasteiger partial charge in [-0.1, -0.05) is 23.5 Å². The van der Waals surface area contributed by atoms with Crippen LogP contribution in [0.1, 0.15) is 5.56 Å². The smallest absolute Gasteiger partial charge is 0.0610 e. The maximum Gasteiger partial charge on any atom is 0.0610 e. The fraction of sp³-hybridized carbons (Fsp3) is 0. The zero-order valence-electron chi connectivity index (χ0n) is 6.08. The van der Waals surface area contributed by atoms with Crippen molar-refractivity contribution in [1.82, 2.24) is 5.28 Å². The van der Waals surface area contributed by atoms with E-state index in [1.165, 1.54) is 6.21 Å². The number of hydrazone groups is 1. The average Bonchev–Trinajstić information content (AvgIpc) is 2.12. The van der Waals surface area contributed by atoms with Gasteiger partial charge in [0.15, 0.2) is 0 Å². The Hall–Kier alpha value is -1.59. The summed E-state index contributed by atoms with van der Waals surface area (Å²) in [6, 6.07) is 6.87. The molecule has 0 bridgehead atoms. The van der Waals surface area contributed by atoms with Crippen molar-refractivity contribution in [2.75, 3.05) is 5.17 Å². The number of hydrogen-bond acceptors (Lipinski definition) is 5. The van der Waals surface area contributed by atoms with Crippen LogP contribution < -0.4 is 5.17 Å². The van der Waals surface area contributed by atoms with Gasteiger partial charge in [-0.05, 0) is 6.07 Å². The van der Waals surface area contributed by atoms with E-state index in [1.807, 2.05) is 0 Å². The summed E-state index contributed by atoms with van der Waals surface area (Å²) in [6.45, 7) is 0. The first kappa shape index (κ1) is 7.08. The van der Waals surface area contributed by atoms with Gasteiger partial charge in [-0.2, -0.15) is 0 Å². The molecule has 0 amide bonds. The highest BCUT2D eigenvalue weighted by Gasteiger charge is 2.10. The van der Waals surface area contributed by atoms with Crippen LogP contribution in [0.4, 0.5) is 5.69 Å². The molecule has 0 saturated carbocycles. The number of para-hydroxylation sites is 1. The molecule has 0 fully saturated rings. The Balaban J connectivity index is 2.52. The maximum atomic E-state index is 11.1. The van der Waals surface area contributed by atoms with Gasteiger partial charge in [-0.3, -0.25) is 5.21 Å². The molecule has 0 unspecified atom stereocenters. The van der Waals surface area contributed by atoms with Crippen molar-refractivity contribution in [3.05, 3.63) is 35.0 Å². The fourth-order valence-corrected chi connectivity index (χ4v) is 1.03. The van der Waals surface area contributed by atoms with Gasteiger partial charge >= 0.3 is 0 Å². The van der Waals surface area contributed by atoms with Crippen LogP contribution >= 0.6 is 0 Å². The van der Waals surface area contributed by atoms with Gasteiger partial charge in [0, 0.05) is 5.56 Å². The van der Waals surface area contributed by atoms with Gasteiger partial charge in [0.2, 0.25) is 0 Å². The summed E-state index contributed by atoms with van der Waals surface area (Å²) in [5.41, 5.74) is 1.08. The zero-order chi connectivity index (χ0) is 8.55. The Morgan fingerprint density at radius 1 is 1.33 bits per heavy atom. The minimum absolute atomic E-state index is 0.252. The number of fused-ring (bicyclic) bond motifs is 1. The molecule has 2 rings (SSSR count). The highest BCUT2D eigenvalue weighted by Crippen LogP contribution is 2.21. The quantitative estimate of drug-likeness (QED) is 0.619. The molecule has 0 aliphatic carbocycles. The topological polar surface area (TPSA) is 62.1 Å². The molecule has 0 saturated heterocycles. The summed E-state index contributed by atoms with van der Waals surface area (Å²) < 4.78 is 0. The van der Waals surface area contributed by atoms with Crippen molar-refractivity contribution in [3.63, 3.8) is 0 Å². The van der Waals surface area contributed by atoms with E-state index < -0.39 is 0 Å². The van der Waals surface area contributed by atoms with Crippen molar-refractivity contribution < 1.29 is 5.21 Å². The molecule has 1 N–H and O–H groups in total. The summed E-state index contributed by atoms with van der Waals surface area (Å²) >= 11 is 0. The second kappa shape index (κ2) is 2.47. The maximum absolute atomic E-state index is 11.1. The Bertz CT molecular complexity index is 326.